The van der Waals surface area contributed by atoms with Gasteiger partial charge in [-0.05, 0) is 13.3 Å². The molecular weight excluding hydrogens is 172 g/mol. The maximum atomic E-state index is 10.6. The molecule has 0 aliphatic heterocycles. The molecule has 0 radical (unpaired) electrons. The Kier molecular flexibility index (Phi) is 5.59. The van der Waals surface area contributed by atoms with Crippen LogP contribution in [-0.2, 0) is 14.3 Å². The Bertz CT molecular complexity index is 218. The number of ether oxygens (including phenoxy) is 1. The van der Waals surface area contributed by atoms with Crippen LogP contribution in [0.4, 0.5) is 0 Å². The van der Waals surface area contributed by atoms with Gasteiger partial charge in [0.2, 0.25) is 0 Å². The van der Waals surface area contributed by atoms with Crippen molar-refractivity contribution in [1.29, 1.82) is 0 Å². The number of ketones is 1. The van der Waals surface area contributed by atoms with Gasteiger partial charge >= 0.3 is 5.97 Å². The fourth-order valence-corrected chi connectivity index (χ4v) is 0.823. The number of carbonyl (C=O) groups excluding carboxylic acids is 2. The van der Waals surface area contributed by atoms with E-state index in [-0.39, 0.29) is 23.9 Å². The molecule has 0 fully saturated rings. The van der Waals surface area contributed by atoms with Gasteiger partial charge in [-0.15, -0.1) is 0 Å². The van der Waals surface area contributed by atoms with Crippen LogP contribution in [0.3, 0.4) is 0 Å². The Morgan fingerprint density at radius 3 is 2.46 bits per heavy atom. The number of aliphatic hydroxyl groups is 1. The molecule has 0 amide bonds. The van der Waals surface area contributed by atoms with E-state index >= 15 is 0 Å². The van der Waals surface area contributed by atoms with Crippen LogP contribution in [0.25, 0.3) is 0 Å². The summed E-state index contributed by atoms with van der Waals surface area (Å²) < 4.78 is 4.41. The summed E-state index contributed by atoms with van der Waals surface area (Å²) in [6.45, 7) is 1.36. The zero-order chi connectivity index (χ0) is 10.3. The van der Waals surface area contributed by atoms with Crippen molar-refractivity contribution in [2.45, 2.75) is 26.2 Å². The van der Waals surface area contributed by atoms with Crippen LogP contribution >= 0.6 is 0 Å². The minimum atomic E-state index is -0.310. The molecule has 0 atom stereocenters. The minimum Gasteiger partial charge on any atom is -0.512 e. The second kappa shape index (κ2) is 6.22. The SMILES string of the molecule is COC(=O)CCC/C(O)=C/C(C)=O. The van der Waals surface area contributed by atoms with Crippen molar-refractivity contribution in [2.24, 2.45) is 0 Å². The molecule has 0 aliphatic carbocycles. The molecule has 0 saturated carbocycles. The number of carbonyl (C=O) groups is 2. The van der Waals surface area contributed by atoms with Gasteiger partial charge in [0.1, 0.15) is 0 Å². The summed E-state index contributed by atoms with van der Waals surface area (Å²) in [4.78, 5) is 21.1. The molecule has 0 unspecified atom stereocenters. The minimum absolute atomic E-state index is 0.0106. The van der Waals surface area contributed by atoms with E-state index in [9.17, 15) is 9.59 Å². The highest BCUT2D eigenvalue weighted by Gasteiger charge is 2.01. The molecule has 0 aromatic heterocycles. The van der Waals surface area contributed by atoms with Crippen molar-refractivity contribution < 1.29 is 19.4 Å². The lowest BCUT2D eigenvalue weighted by atomic mass is 10.2. The first-order chi connectivity index (χ1) is 6.06. The maximum Gasteiger partial charge on any atom is 0.305 e. The molecule has 74 valence electrons. The van der Waals surface area contributed by atoms with E-state index in [0.717, 1.165) is 6.08 Å². The van der Waals surface area contributed by atoms with Crippen LogP contribution in [-0.4, -0.2) is 24.0 Å². The summed E-state index contributed by atoms with van der Waals surface area (Å²) in [5.41, 5.74) is 0. The lowest BCUT2D eigenvalue weighted by Crippen LogP contribution is -2.00. The quantitative estimate of drug-likeness (QED) is 0.400. The van der Waals surface area contributed by atoms with E-state index < -0.39 is 0 Å². The first-order valence-corrected chi connectivity index (χ1v) is 4.03. The molecule has 0 aromatic rings. The molecule has 0 heterocycles. The Balaban J connectivity index is 3.65. The van der Waals surface area contributed by atoms with E-state index in [4.69, 9.17) is 5.11 Å². The lowest BCUT2D eigenvalue weighted by molar-refractivity contribution is -0.140. The van der Waals surface area contributed by atoms with Crippen molar-refractivity contribution in [3.8, 4) is 0 Å². The van der Waals surface area contributed by atoms with E-state index in [2.05, 4.69) is 4.74 Å². The third kappa shape index (κ3) is 7.05. The maximum absolute atomic E-state index is 10.6. The third-order valence-corrected chi connectivity index (χ3v) is 1.41. The number of rotatable bonds is 5. The van der Waals surface area contributed by atoms with E-state index in [1.54, 1.807) is 0 Å². The van der Waals surface area contributed by atoms with Gasteiger partial charge in [0.05, 0.1) is 12.9 Å². The van der Waals surface area contributed by atoms with Gasteiger partial charge in [0.15, 0.2) is 5.78 Å². The third-order valence-electron chi connectivity index (χ3n) is 1.41. The number of hydrogen-bond acceptors (Lipinski definition) is 4. The fraction of sp³-hybridized carbons (Fsp3) is 0.556. The topological polar surface area (TPSA) is 63.6 Å². The van der Waals surface area contributed by atoms with Crippen LogP contribution in [0.2, 0.25) is 0 Å². The van der Waals surface area contributed by atoms with Crippen molar-refractivity contribution in [2.75, 3.05) is 7.11 Å². The lowest BCUT2D eigenvalue weighted by Gasteiger charge is -1.98. The predicted molar refractivity (Wildman–Crippen MR) is 47.3 cm³/mol. The first kappa shape index (κ1) is 11.7. The molecule has 4 nitrogen and oxygen atoms in total. The average molecular weight is 186 g/mol. The highest BCUT2D eigenvalue weighted by atomic mass is 16.5. The van der Waals surface area contributed by atoms with Gasteiger partial charge in [-0.2, -0.15) is 0 Å². The number of aliphatic hydroxyl groups excluding tert-OH is 1. The summed E-state index contributed by atoms with van der Waals surface area (Å²) in [7, 11) is 1.31. The number of hydrogen-bond donors (Lipinski definition) is 1. The fourth-order valence-electron chi connectivity index (χ4n) is 0.823. The molecule has 1 N–H and O–H groups in total. The van der Waals surface area contributed by atoms with Crippen molar-refractivity contribution in [3.63, 3.8) is 0 Å². The molecule has 0 rings (SSSR count). The average Bonchev–Trinajstić information content (AvgIpc) is 2.02. The van der Waals surface area contributed by atoms with E-state index in [1.165, 1.54) is 14.0 Å². The van der Waals surface area contributed by atoms with Crippen molar-refractivity contribution in [3.05, 3.63) is 11.8 Å². The van der Waals surface area contributed by atoms with Gasteiger partial charge in [0.25, 0.3) is 0 Å². The molecule has 0 bridgehead atoms. The second-order valence-electron chi connectivity index (χ2n) is 2.68. The molecule has 4 heteroatoms. The van der Waals surface area contributed by atoms with Gasteiger partial charge < -0.3 is 9.84 Å². The largest absolute Gasteiger partial charge is 0.512 e. The second-order valence-corrected chi connectivity index (χ2v) is 2.68. The van der Waals surface area contributed by atoms with Gasteiger partial charge in [0, 0.05) is 18.9 Å². The monoisotopic (exact) mass is 186 g/mol. The Morgan fingerprint density at radius 2 is 2.00 bits per heavy atom. The Labute approximate surface area is 77.2 Å². The van der Waals surface area contributed by atoms with Gasteiger partial charge in [-0.25, -0.2) is 0 Å². The van der Waals surface area contributed by atoms with Crippen molar-refractivity contribution in [1.82, 2.24) is 0 Å². The highest BCUT2D eigenvalue weighted by molar-refractivity contribution is 5.87. The Hall–Kier alpha value is -1.32. The summed E-state index contributed by atoms with van der Waals surface area (Å²) >= 11 is 0. The number of methoxy groups -OCH3 is 1. The van der Waals surface area contributed by atoms with Crippen LogP contribution in [0, 0.1) is 0 Å². The summed E-state index contributed by atoms with van der Waals surface area (Å²) in [5.74, 6) is -0.498. The van der Waals surface area contributed by atoms with Gasteiger partial charge in [-0.1, -0.05) is 0 Å². The Morgan fingerprint density at radius 1 is 1.38 bits per heavy atom. The van der Waals surface area contributed by atoms with Crippen LogP contribution in [0.15, 0.2) is 11.8 Å². The van der Waals surface area contributed by atoms with Crippen LogP contribution < -0.4 is 0 Å². The van der Waals surface area contributed by atoms with E-state index in [1.807, 2.05) is 0 Å². The molecule has 13 heavy (non-hydrogen) atoms. The van der Waals surface area contributed by atoms with E-state index in [0.29, 0.717) is 12.8 Å². The van der Waals surface area contributed by atoms with Crippen molar-refractivity contribution >= 4 is 11.8 Å². The molecule has 0 aliphatic rings. The van der Waals surface area contributed by atoms with Crippen LogP contribution in [0.5, 0.6) is 0 Å². The normalized spacial score (nSPS) is 11.1. The standard InChI is InChI=1S/C9H14O4/c1-7(10)6-8(11)4-3-5-9(12)13-2/h6,11H,3-5H2,1-2H3/b8-6-. The molecule has 0 spiro atoms. The smallest absolute Gasteiger partial charge is 0.305 e. The highest BCUT2D eigenvalue weighted by Crippen LogP contribution is 2.04. The number of allylic oxidation sites excluding steroid dienone is 2. The first-order valence-electron chi connectivity index (χ1n) is 4.03. The zero-order valence-electron chi connectivity index (χ0n) is 7.87. The summed E-state index contributed by atoms with van der Waals surface area (Å²) in [5, 5.41) is 9.09. The van der Waals surface area contributed by atoms with Crippen LogP contribution in [0.1, 0.15) is 26.2 Å². The zero-order valence-corrected chi connectivity index (χ0v) is 7.87. The summed E-state index contributed by atoms with van der Waals surface area (Å²) in [6, 6.07) is 0. The molecule has 0 saturated heterocycles. The summed E-state index contributed by atoms with van der Waals surface area (Å²) in [6.07, 6.45) is 2.22. The number of esters is 1. The molecular formula is C9H14O4. The molecule has 0 aromatic carbocycles. The van der Waals surface area contributed by atoms with Gasteiger partial charge in [-0.3, -0.25) is 9.59 Å². The predicted octanol–water partition coefficient (Wildman–Crippen LogP) is 1.36.